The molecule has 1 unspecified atom stereocenters. The van der Waals surface area contributed by atoms with Gasteiger partial charge in [0.05, 0.1) is 13.0 Å². The zero-order chi connectivity index (χ0) is 27.1. The third-order valence-electron chi connectivity index (χ3n) is 6.81. The molecule has 1 atom stereocenters. The lowest BCUT2D eigenvalue weighted by molar-refractivity contribution is 0.0973. The molecular weight excluding hydrogens is 444 g/mol. The first-order chi connectivity index (χ1) is 16.5. The molecule has 0 aliphatic rings. The largest absolute Gasteiger partial charge is 0.507 e. The molecule has 0 heterocycles. The monoisotopic (exact) mass is 486 g/mol. The zero-order valence-corrected chi connectivity index (χ0v) is 23.6. The van der Waals surface area contributed by atoms with Crippen molar-refractivity contribution in [3.05, 3.63) is 94.0 Å². The zero-order valence-electron chi connectivity index (χ0n) is 23.6. The molecule has 3 aromatic rings. The van der Waals surface area contributed by atoms with Gasteiger partial charge in [0.1, 0.15) is 11.5 Å². The van der Waals surface area contributed by atoms with Crippen LogP contribution in [-0.4, -0.2) is 18.0 Å². The first-order valence-electron chi connectivity index (χ1n) is 12.7. The molecule has 3 rings (SSSR count). The number of aromatic hydroxyl groups is 1. The molecule has 36 heavy (non-hydrogen) atoms. The van der Waals surface area contributed by atoms with Crippen molar-refractivity contribution in [1.82, 2.24) is 0 Å². The summed E-state index contributed by atoms with van der Waals surface area (Å²) in [5.41, 5.74) is 4.76. The molecule has 0 fully saturated rings. The van der Waals surface area contributed by atoms with Crippen LogP contribution in [0.4, 0.5) is 0 Å². The predicted octanol–water partition coefficient (Wildman–Crippen LogP) is 8.31. The van der Waals surface area contributed by atoms with Crippen LogP contribution >= 0.6 is 0 Å². The molecule has 0 radical (unpaired) electrons. The molecule has 0 saturated carbocycles. The maximum Gasteiger partial charge on any atom is 0.174 e. The van der Waals surface area contributed by atoms with Gasteiger partial charge in [-0.05, 0) is 56.2 Å². The van der Waals surface area contributed by atoms with Gasteiger partial charge in [-0.3, -0.25) is 4.79 Å². The average molecular weight is 487 g/mol. The number of carbonyl (C=O) groups excluding carboxylic acids is 1. The van der Waals surface area contributed by atoms with Crippen molar-refractivity contribution in [1.29, 1.82) is 0 Å². The highest BCUT2D eigenvalue weighted by Gasteiger charge is 2.31. The highest BCUT2D eigenvalue weighted by atomic mass is 16.5. The average Bonchev–Trinajstić information content (AvgIpc) is 2.78. The van der Waals surface area contributed by atoms with Crippen molar-refractivity contribution in [2.45, 2.75) is 84.5 Å². The Bertz CT molecular complexity index is 1190. The van der Waals surface area contributed by atoms with E-state index in [0.29, 0.717) is 17.1 Å². The minimum atomic E-state index is -0.520. The van der Waals surface area contributed by atoms with E-state index in [-0.39, 0.29) is 22.0 Å². The second kappa shape index (κ2) is 9.76. The van der Waals surface area contributed by atoms with Gasteiger partial charge in [0.15, 0.2) is 5.78 Å². The SMILES string of the molecule is COc1cccc(C(=O)C(c2ccc(C(C)(C)C)cc2)c2cc(C(C)(C)C)c(O)c(C(C)(C)C)c2)c1. The first-order valence-corrected chi connectivity index (χ1v) is 12.7. The third kappa shape index (κ3) is 5.83. The van der Waals surface area contributed by atoms with Crippen molar-refractivity contribution in [3.8, 4) is 11.5 Å². The smallest absolute Gasteiger partial charge is 0.174 e. The van der Waals surface area contributed by atoms with E-state index in [1.54, 1.807) is 13.2 Å². The maximum atomic E-state index is 14.2. The van der Waals surface area contributed by atoms with Crippen molar-refractivity contribution >= 4 is 5.78 Å². The Kier molecular flexibility index (Phi) is 7.46. The van der Waals surface area contributed by atoms with Gasteiger partial charge in [0.25, 0.3) is 0 Å². The van der Waals surface area contributed by atoms with Crippen LogP contribution in [0.5, 0.6) is 11.5 Å². The summed E-state index contributed by atoms with van der Waals surface area (Å²) in [6, 6.07) is 19.8. The molecule has 0 bridgehead atoms. The summed E-state index contributed by atoms with van der Waals surface area (Å²) in [4.78, 5) is 14.2. The van der Waals surface area contributed by atoms with Gasteiger partial charge in [0, 0.05) is 5.56 Å². The van der Waals surface area contributed by atoms with Crippen LogP contribution in [0.25, 0.3) is 0 Å². The second-order valence-corrected chi connectivity index (χ2v) is 12.9. The molecule has 0 amide bonds. The minimum Gasteiger partial charge on any atom is -0.507 e. The Morgan fingerprint density at radius 3 is 1.69 bits per heavy atom. The molecule has 0 spiro atoms. The molecule has 0 aromatic heterocycles. The number of rotatable bonds is 5. The number of hydrogen-bond donors (Lipinski definition) is 1. The summed E-state index contributed by atoms with van der Waals surface area (Å²) in [6.45, 7) is 19.1. The lowest BCUT2D eigenvalue weighted by Crippen LogP contribution is -2.21. The molecular formula is C33H42O3. The van der Waals surface area contributed by atoms with Crippen LogP contribution < -0.4 is 4.74 Å². The first kappa shape index (κ1) is 27.5. The lowest BCUT2D eigenvalue weighted by Gasteiger charge is -2.30. The molecule has 3 heteroatoms. The van der Waals surface area contributed by atoms with Crippen LogP contribution in [0.3, 0.4) is 0 Å². The predicted molar refractivity (Wildman–Crippen MR) is 150 cm³/mol. The van der Waals surface area contributed by atoms with Gasteiger partial charge >= 0.3 is 0 Å². The standard InChI is InChI=1S/C33H42O3/c1-31(2,3)24-16-14-21(15-17-24)28(29(34)22-12-11-13-25(18-22)36-10)23-19-26(32(4,5)6)30(35)27(20-23)33(7,8)9/h11-20,28,35H,1-10H3. The summed E-state index contributed by atoms with van der Waals surface area (Å²) in [6.07, 6.45) is 0. The molecule has 0 aliphatic heterocycles. The number of carbonyl (C=O) groups is 1. The number of hydrogen-bond acceptors (Lipinski definition) is 3. The van der Waals surface area contributed by atoms with E-state index >= 15 is 0 Å². The third-order valence-corrected chi connectivity index (χ3v) is 6.81. The van der Waals surface area contributed by atoms with Crippen LogP contribution in [0, 0.1) is 0 Å². The highest BCUT2D eigenvalue weighted by Crippen LogP contribution is 2.43. The number of phenolic OH excluding ortho intramolecular Hbond substituents is 1. The number of benzene rings is 3. The maximum absolute atomic E-state index is 14.2. The fourth-order valence-electron chi connectivity index (χ4n) is 4.58. The van der Waals surface area contributed by atoms with E-state index in [1.807, 2.05) is 30.3 Å². The summed E-state index contributed by atoms with van der Waals surface area (Å²) >= 11 is 0. The number of ketones is 1. The highest BCUT2D eigenvalue weighted by molar-refractivity contribution is 6.03. The van der Waals surface area contributed by atoms with Gasteiger partial charge in [-0.1, -0.05) is 111 Å². The van der Waals surface area contributed by atoms with Crippen LogP contribution in [0.15, 0.2) is 60.7 Å². The second-order valence-electron chi connectivity index (χ2n) is 12.9. The summed E-state index contributed by atoms with van der Waals surface area (Å²) < 4.78 is 5.41. The molecule has 3 aromatic carbocycles. The Morgan fingerprint density at radius 1 is 0.722 bits per heavy atom. The Morgan fingerprint density at radius 2 is 1.25 bits per heavy atom. The van der Waals surface area contributed by atoms with E-state index in [9.17, 15) is 9.90 Å². The molecule has 1 N–H and O–H groups in total. The Balaban J connectivity index is 2.31. The van der Waals surface area contributed by atoms with Crippen molar-refractivity contribution in [3.63, 3.8) is 0 Å². The van der Waals surface area contributed by atoms with Gasteiger partial charge in [-0.15, -0.1) is 0 Å². The fourth-order valence-corrected chi connectivity index (χ4v) is 4.58. The van der Waals surface area contributed by atoms with Crippen molar-refractivity contribution in [2.75, 3.05) is 7.11 Å². The number of Topliss-reactive ketones (excluding diaryl/α,β-unsaturated/α-hetero) is 1. The van der Waals surface area contributed by atoms with Gasteiger partial charge in [0.2, 0.25) is 0 Å². The number of ether oxygens (including phenoxy) is 1. The van der Waals surface area contributed by atoms with E-state index in [4.69, 9.17) is 4.74 Å². The van der Waals surface area contributed by atoms with E-state index in [0.717, 1.165) is 22.3 Å². The molecule has 3 nitrogen and oxygen atoms in total. The van der Waals surface area contributed by atoms with Crippen molar-refractivity contribution < 1.29 is 14.6 Å². The van der Waals surface area contributed by atoms with E-state index in [1.165, 1.54) is 5.56 Å². The van der Waals surface area contributed by atoms with Gasteiger partial charge in [-0.2, -0.15) is 0 Å². The van der Waals surface area contributed by atoms with Crippen LogP contribution in [-0.2, 0) is 16.2 Å². The van der Waals surface area contributed by atoms with Gasteiger partial charge < -0.3 is 9.84 Å². The molecule has 0 saturated heterocycles. The summed E-state index contributed by atoms with van der Waals surface area (Å²) in [5, 5.41) is 11.3. The summed E-state index contributed by atoms with van der Waals surface area (Å²) in [7, 11) is 1.61. The lowest BCUT2D eigenvalue weighted by atomic mass is 9.75. The molecule has 192 valence electrons. The van der Waals surface area contributed by atoms with Crippen LogP contribution in [0.1, 0.15) is 106 Å². The normalized spacial score (nSPS) is 13.4. The van der Waals surface area contributed by atoms with E-state index in [2.05, 4.69) is 86.6 Å². The topological polar surface area (TPSA) is 46.5 Å². The molecule has 0 aliphatic carbocycles. The van der Waals surface area contributed by atoms with Crippen molar-refractivity contribution in [2.24, 2.45) is 0 Å². The Labute approximate surface area is 217 Å². The van der Waals surface area contributed by atoms with Crippen LogP contribution in [0.2, 0.25) is 0 Å². The number of methoxy groups -OCH3 is 1. The van der Waals surface area contributed by atoms with Gasteiger partial charge in [-0.25, -0.2) is 0 Å². The van der Waals surface area contributed by atoms with E-state index < -0.39 is 5.92 Å². The minimum absolute atomic E-state index is 0.00261. The Hall–Kier alpha value is -3.07. The number of phenols is 1. The fraction of sp³-hybridized carbons (Fsp3) is 0.424. The quantitative estimate of drug-likeness (QED) is 0.369. The summed E-state index contributed by atoms with van der Waals surface area (Å²) in [5.74, 6) is 0.449.